The van der Waals surface area contributed by atoms with Crippen LogP contribution in [0.4, 0.5) is 35.6 Å². The van der Waals surface area contributed by atoms with Crippen molar-refractivity contribution >= 4 is 56.7 Å². The third-order valence-electron chi connectivity index (χ3n) is 5.25. The molecule has 0 saturated carbocycles. The minimum Gasteiger partial charge on any atom is -0.395 e. The first kappa shape index (κ1) is 25.9. The molecule has 0 aromatic carbocycles. The first-order valence-electron chi connectivity index (χ1n) is 10.6. The summed E-state index contributed by atoms with van der Waals surface area (Å²) < 4.78 is 39.6. The van der Waals surface area contributed by atoms with Gasteiger partial charge >= 0.3 is 6.18 Å². The molecule has 0 amide bonds. The number of nitrogens with one attached hydrogen (secondary N) is 2. The third kappa shape index (κ3) is 6.32. The maximum absolute atomic E-state index is 13.2. The van der Waals surface area contributed by atoms with Gasteiger partial charge in [-0.05, 0) is 6.92 Å². The van der Waals surface area contributed by atoms with Crippen LogP contribution in [-0.2, 0) is 6.18 Å². The monoisotopic (exact) mass is 549 g/mol. The number of hydrogen-bond acceptors (Lipinski definition) is 11. The molecule has 15 heteroatoms. The maximum Gasteiger partial charge on any atom is 0.427 e. The van der Waals surface area contributed by atoms with Gasteiger partial charge in [0.25, 0.3) is 0 Å². The highest BCUT2D eigenvalue weighted by molar-refractivity contribution is 7.15. The Morgan fingerprint density at radius 3 is 2.66 bits per heavy atom. The first-order valence-corrected chi connectivity index (χ1v) is 12.7. The molecule has 3 aromatic heterocycles. The molecule has 1 atom stereocenters. The van der Waals surface area contributed by atoms with E-state index in [4.69, 9.17) is 16.7 Å². The molecule has 35 heavy (non-hydrogen) atoms. The number of thiazole rings is 1. The van der Waals surface area contributed by atoms with Crippen molar-refractivity contribution in [2.45, 2.75) is 19.3 Å². The summed E-state index contributed by atoms with van der Waals surface area (Å²) in [5.41, 5.74) is -0.366. The SMILES string of the molecule is Cc1nc(Nc2ncc(C(O)Nc3c(Cl)csc3C(F)(F)F)s2)cc(N2CCN(CCO)CC2)n1. The molecule has 4 heterocycles. The van der Waals surface area contributed by atoms with Gasteiger partial charge in [-0.3, -0.25) is 4.90 Å². The second kappa shape index (κ2) is 10.8. The summed E-state index contributed by atoms with van der Waals surface area (Å²) >= 11 is 7.42. The predicted molar refractivity (Wildman–Crippen MR) is 131 cm³/mol. The topological polar surface area (TPSA) is 110 Å². The highest BCUT2D eigenvalue weighted by Crippen LogP contribution is 2.44. The fourth-order valence-electron chi connectivity index (χ4n) is 3.59. The second-order valence-electron chi connectivity index (χ2n) is 7.74. The molecule has 1 saturated heterocycles. The van der Waals surface area contributed by atoms with Crippen LogP contribution in [0, 0.1) is 6.92 Å². The van der Waals surface area contributed by atoms with Crippen molar-refractivity contribution in [2.75, 3.05) is 54.9 Å². The number of hydrogen-bond donors (Lipinski definition) is 4. The van der Waals surface area contributed by atoms with Gasteiger partial charge in [-0.1, -0.05) is 22.9 Å². The Hall–Kier alpha value is -2.23. The number of thiophene rings is 1. The van der Waals surface area contributed by atoms with Gasteiger partial charge in [-0.15, -0.1) is 11.3 Å². The molecule has 0 spiro atoms. The van der Waals surface area contributed by atoms with E-state index in [0.717, 1.165) is 43.3 Å². The van der Waals surface area contributed by atoms with Crippen LogP contribution >= 0.6 is 34.3 Å². The lowest BCUT2D eigenvalue weighted by atomic mass is 10.3. The van der Waals surface area contributed by atoms with Gasteiger partial charge in [0.05, 0.1) is 22.2 Å². The quantitative estimate of drug-likeness (QED) is 0.311. The lowest BCUT2D eigenvalue weighted by Gasteiger charge is -2.35. The molecule has 1 aliphatic heterocycles. The van der Waals surface area contributed by atoms with Crippen molar-refractivity contribution < 1.29 is 23.4 Å². The highest BCUT2D eigenvalue weighted by atomic mass is 35.5. The lowest BCUT2D eigenvalue weighted by Crippen LogP contribution is -2.47. The van der Waals surface area contributed by atoms with E-state index in [2.05, 4.69) is 35.4 Å². The minimum atomic E-state index is -4.59. The Balaban J connectivity index is 1.43. The molecule has 4 N–H and O–H groups in total. The van der Waals surface area contributed by atoms with Crippen LogP contribution in [0.1, 0.15) is 21.8 Å². The van der Waals surface area contributed by atoms with Crippen molar-refractivity contribution in [3.05, 3.63) is 38.2 Å². The Labute approximate surface area is 212 Å². The van der Waals surface area contributed by atoms with Gasteiger partial charge in [-0.2, -0.15) is 13.2 Å². The molecule has 9 nitrogen and oxygen atoms in total. The highest BCUT2D eigenvalue weighted by Gasteiger charge is 2.37. The van der Waals surface area contributed by atoms with Crippen molar-refractivity contribution in [1.29, 1.82) is 0 Å². The van der Waals surface area contributed by atoms with E-state index in [1.54, 1.807) is 13.0 Å². The Morgan fingerprint density at radius 1 is 1.23 bits per heavy atom. The number of β-amino-alcohol motifs (C(OH)–C–C–N with tert-alkyl or cyclic N) is 1. The summed E-state index contributed by atoms with van der Waals surface area (Å²) in [6.07, 6.45) is -4.66. The minimum absolute atomic E-state index is 0.120. The number of piperazine rings is 1. The molecule has 1 aliphatic rings. The number of aliphatic hydroxyl groups excluding tert-OH is 2. The van der Waals surface area contributed by atoms with E-state index < -0.39 is 17.3 Å². The van der Waals surface area contributed by atoms with E-state index in [-0.39, 0.29) is 17.3 Å². The van der Waals surface area contributed by atoms with E-state index >= 15 is 0 Å². The van der Waals surface area contributed by atoms with E-state index in [1.165, 1.54) is 11.6 Å². The van der Waals surface area contributed by atoms with Crippen LogP contribution in [0.2, 0.25) is 5.02 Å². The summed E-state index contributed by atoms with van der Waals surface area (Å²) in [5.74, 6) is 1.83. The molecule has 190 valence electrons. The zero-order chi connectivity index (χ0) is 25.2. The zero-order valence-electron chi connectivity index (χ0n) is 18.5. The van der Waals surface area contributed by atoms with Gasteiger partial charge in [0, 0.05) is 50.4 Å². The third-order valence-corrected chi connectivity index (χ3v) is 7.67. The summed E-state index contributed by atoms with van der Waals surface area (Å²) in [7, 11) is 0. The molecular formula is C20H23ClF3N7O2S2. The standard InChI is InChI=1S/C20H23ClF3N7O2S2/c1-11-26-14(8-15(27-11)31-4-2-30(3-5-31)6-7-32)28-19-25-9-13(35-19)18(33)29-16-12(21)10-34-17(16)20(22,23)24/h8-10,18,29,32-33H,2-7H2,1H3,(H,25,26,27,28). The van der Waals surface area contributed by atoms with Crippen LogP contribution in [0.15, 0.2) is 17.6 Å². The molecule has 1 unspecified atom stereocenters. The molecule has 4 rings (SSSR count). The van der Waals surface area contributed by atoms with Crippen molar-refractivity contribution in [3.63, 3.8) is 0 Å². The molecule has 1 fully saturated rings. The number of anilines is 4. The number of alkyl halides is 3. The number of aromatic nitrogens is 3. The lowest BCUT2D eigenvalue weighted by molar-refractivity contribution is -0.133. The normalized spacial score (nSPS) is 15.9. The summed E-state index contributed by atoms with van der Waals surface area (Å²) in [6.45, 7) is 5.71. The van der Waals surface area contributed by atoms with Crippen molar-refractivity contribution in [2.24, 2.45) is 0 Å². The molecule has 0 bridgehead atoms. The van der Waals surface area contributed by atoms with E-state index in [1.807, 2.05) is 0 Å². The van der Waals surface area contributed by atoms with Crippen LogP contribution in [0.5, 0.6) is 0 Å². The van der Waals surface area contributed by atoms with Crippen LogP contribution < -0.4 is 15.5 Å². The first-order chi connectivity index (χ1) is 16.6. The molecule has 3 aromatic rings. The number of halogens is 4. The fraction of sp³-hybridized carbons (Fsp3) is 0.450. The van der Waals surface area contributed by atoms with Gasteiger partial charge in [-0.25, -0.2) is 15.0 Å². The van der Waals surface area contributed by atoms with Crippen molar-refractivity contribution in [3.8, 4) is 0 Å². The second-order valence-corrected chi connectivity index (χ2v) is 10.1. The number of aliphatic hydroxyl groups is 2. The predicted octanol–water partition coefficient (Wildman–Crippen LogP) is 3.94. The van der Waals surface area contributed by atoms with Gasteiger partial charge in [0.15, 0.2) is 11.4 Å². The summed E-state index contributed by atoms with van der Waals surface area (Å²) in [5, 5.41) is 26.5. The average molecular weight is 550 g/mol. The smallest absolute Gasteiger partial charge is 0.395 e. The fourth-order valence-corrected chi connectivity index (χ4v) is 5.45. The van der Waals surface area contributed by atoms with Gasteiger partial charge in [0.1, 0.15) is 22.3 Å². The summed E-state index contributed by atoms with van der Waals surface area (Å²) in [6, 6.07) is 1.80. The van der Waals surface area contributed by atoms with E-state index in [0.29, 0.717) is 39.5 Å². The number of nitrogens with zero attached hydrogens (tertiary/aromatic N) is 5. The van der Waals surface area contributed by atoms with Gasteiger partial charge in [0.2, 0.25) is 0 Å². The number of aryl methyl sites for hydroxylation is 1. The number of rotatable bonds is 8. The van der Waals surface area contributed by atoms with Crippen molar-refractivity contribution in [1.82, 2.24) is 19.9 Å². The average Bonchev–Trinajstić information content (AvgIpc) is 3.41. The zero-order valence-corrected chi connectivity index (χ0v) is 20.9. The molecule has 0 radical (unpaired) electrons. The Morgan fingerprint density at radius 2 is 1.97 bits per heavy atom. The maximum atomic E-state index is 13.2. The Kier molecular flexibility index (Phi) is 7.98. The Bertz CT molecular complexity index is 1150. The summed E-state index contributed by atoms with van der Waals surface area (Å²) in [4.78, 5) is 16.8. The van der Waals surface area contributed by atoms with Crippen LogP contribution in [0.25, 0.3) is 0 Å². The van der Waals surface area contributed by atoms with Crippen LogP contribution in [0.3, 0.4) is 0 Å². The largest absolute Gasteiger partial charge is 0.427 e. The van der Waals surface area contributed by atoms with E-state index in [9.17, 15) is 18.3 Å². The molecule has 0 aliphatic carbocycles. The van der Waals surface area contributed by atoms with Crippen LogP contribution in [-0.4, -0.2) is 69.4 Å². The van der Waals surface area contributed by atoms with Gasteiger partial charge < -0.3 is 25.7 Å². The molecular weight excluding hydrogens is 527 g/mol.